The van der Waals surface area contributed by atoms with E-state index in [4.69, 9.17) is 0 Å². The van der Waals surface area contributed by atoms with Crippen LogP contribution in [0.15, 0.2) is 42.5 Å². The lowest BCUT2D eigenvalue weighted by atomic mass is 9.93. The zero-order chi connectivity index (χ0) is 18.7. The highest BCUT2D eigenvalue weighted by Crippen LogP contribution is 2.33. The zero-order valence-electron chi connectivity index (χ0n) is 14.3. The molecule has 0 unspecified atom stereocenters. The Labute approximate surface area is 149 Å². The molecule has 0 amide bonds. The molecule has 0 bridgehead atoms. The summed E-state index contributed by atoms with van der Waals surface area (Å²) < 4.78 is 54.6. The van der Waals surface area contributed by atoms with Gasteiger partial charge in [0, 0.05) is 26.2 Å². The molecule has 2 aromatic carbocycles. The summed E-state index contributed by atoms with van der Waals surface area (Å²) >= 11 is 0. The molecule has 0 radical (unpaired) electrons. The van der Waals surface area contributed by atoms with Crippen molar-refractivity contribution >= 4 is 0 Å². The fraction of sp³-hybridized carbons (Fsp3) is 0.368. The number of benzene rings is 2. The molecular weight excluding hydrogens is 348 g/mol. The lowest BCUT2D eigenvalue weighted by molar-refractivity contribution is -0.274. The summed E-state index contributed by atoms with van der Waals surface area (Å²) in [7, 11) is 0. The molecule has 1 aliphatic heterocycles. The van der Waals surface area contributed by atoms with Crippen LogP contribution in [-0.2, 0) is 0 Å². The standard InChI is InChI=1S/C19H20F4N2O/c1-13-12-15(20)4-7-17(13)18(25-10-8-24-9-11-25)14-2-5-16(6-3-14)26-19(21,22)23/h2-7,12,18,24H,8-11H2,1H3/t18-/m0/s1. The largest absolute Gasteiger partial charge is 0.573 e. The van der Waals surface area contributed by atoms with Crippen molar-refractivity contribution in [2.24, 2.45) is 0 Å². The third-order valence-electron chi connectivity index (χ3n) is 4.47. The number of hydrogen-bond donors (Lipinski definition) is 1. The minimum atomic E-state index is -4.72. The first-order chi connectivity index (χ1) is 12.3. The monoisotopic (exact) mass is 368 g/mol. The number of nitrogens with one attached hydrogen (secondary N) is 1. The first-order valence-corrected chi connectivity index (χ1v) is 8.40. The van der Waals surface area contributed by atoms with Crippen LogP contribution in [0.4, 0.5) is 17.6 Å². The van der Waals surface area contributed by atoms with Gasteiger partial charge >= 0.3 is 6.36 Å². The maximum Gasteiger partial charge on any atom is 0.573 e. The van der Waals surface area contributed by atoms with Gasteiger partial charge < -0.3 is 10.1 Å². The topological polar surface area (TPSA) is 24.5 Å². The average molecular weight is 368 g/mol. The van der Waals surface area contributed by atoms with Crippen molar-refractivity contribution in [2.75, 3.05) is 26.2 Å². The first-order valence-electron chi connectivity index (χ1n) is 8.40. The Bertz CT molecular complexity index is 740. The number of nitrogens with zero attached hydrogens (tertiary/aromatic N) is 1. The van der Waals surface area contributed by atoms with E-state index in [0.29, 0.717) is 0 Å². The quantitative estimate of drug-likeness (QED) is 0.825. The SMILES string of the molecule is Cc1cc(F)ccc1[C@H](c1ccc(OC(F)(F)F)cc1)N1CCNCC1. The summed E-state index contributed by atoms with van der Waals surface area (Å²) in [5.74, 6) is -0.560. The number of halogens is 4. The molecule has 26 heavy (non-hydrogen) atoms. The van der Waals surface area contributed by atoms with Gasteiger partial charge in [-0.1, -0.05) is 18.2 Å². The Kier molecular flexibility index (Phi) is 5.48. The lowest BCUT2D eigenvalue weighted by Crippen LogP contribution is -2.45. The summed E-state index contributed by atoms with van der Waals surface area (Å²) in [6, 6.07) is 10.4. The summed E-state index contributed by atoms with van der Waals surface area (Å²) in [6.07, 6.45) is -4.72. The van der Waals surface area contributed by atoms with Gasteiger partial charge in [0.05, 0.1) is 6.04 Å². The molecule has 1 atom stereocenters. The number of hydrogen-bond acceptors (Lipinski definition) is 3. The van der Waals surface area contributed by atoms with Crippen LogP contribution in [0, 0.1) is 12.7 Å². The van der Waals surface area contributed by atoms with Crippen LogP contribution < -0.4 is 10.1 Å². The van der Waals surface area contributed by atoms with Crippen LogP contribution in [0.5, 0.6) is 5.75 Å². The van der Waals surface area contributed by atoms with Crippen molar-refractivity contribution in [1.82, 2.24) is 10.2 Å². The van der Waals surface area contributed by atoms with E-state index >= 15 is 0 Å². The number of alkyl halides is 3. The molecule has 140 valence electrons. The Hall–Kier alpha value is -2.12. The van der Waals surface area contributed by atoms with Crippen molar-refractivity contribution in [2.45, 2.75) is 19.3 Å². The Morgan fingerprint density at radius 2 is 1.69 bits per heavy atom. The molecule has 1 fully saturated rings. The van der Waals surface area contributed by atoms with Crippen molar-refractivity contribution in [1.29, 1.82) is 0 Å². The first kappa shape index (κ1) is 18.7. The predicted molar refractivity (Wildman–Crippen MR) is 90.5 cm³/mol. The number of piperazine rings is 1. The average Bonchev–Trinajstić information content (AvgIpc) is 2.58. The van der Waals surface area contributed by atoms with E-state index in [1.165, 1.54) is 24.3 Å². The van der Waals surface area contributed by atoms with Crippen molar-refractivity contribution < 1.29 is 22.3 Å². The minimum absolute atomic E-state index is 0.155. The molecule has 0 saturated carbocycles. The number of ether oxygens (including phenoxy) is 1. The van der Waals surface area contributed by atoms with Crippen LogP contribution in [0.3, 0.4) is 0 Å². The highest BCUT2D eigenvalue weighted by atomic mass is 19.4. The normalized spacial score (nSPS) is 17.1. The zero-order valence-corrected chi connectivity index (χ0v) is 14.3. The summed E-state index contributed by atoms with van der Waals surface area (Å²) in [6.45, 7) is 5.08. The van der Waals surface area contributed by atoms with E-state index in [0.717, 1.165) is 42.9 Å². The molecule has 3 nitrogen and oxygen atoms in total. The van der Waals surface area contributed by atoms with E-state index in [2.05, 4.69) is 15.0 Å². The third kappa shape index (κ3) is 4.53. The third-order valence-corrected chi connectivity index (χ3v) is 4.47. The lowest BCUT2D eigenvalue weighted by Gasteiger charge is -2.36. The van der Waals surface area contributed by atoms with Crippen molar-refractivity contribution in [3.8, 4) is 5.75 Å². The molecule has 1 N–H and O–H groups in total. The van der Waals surface area contributed by atoms with Gasteiger partial charge in [0.15, 0.2) is 0 Å². The van der Waals surface area contributed by atoms with E-state index in [1.54, 1.807) is 18.2 Å². The van der Waals surface area contributed by atoms with Gasteiger partial charge in [-0.15, -0.1) is 13.2 Å². The van der Waals surface area contributed by atoms with Gasteiger partial charge in [-0.2, -0.15) is 0 Å². The predicted octanol–water partition coefficient (Wildman–Crippen LogP) is 4.03. The fourth-order valence-corrected chi connectivity index (χ4v) is 3.33. The van der Waals surface area contributed by atoms with E-state index in [9.17, 15) is 17.6 Å². The molecule has 2 aromatic rings. The van der Waals surface area contributed by atoms with Gasteiger partial charge in [-0.3, -0.25) is 4.90 Å². The smallest absolute Gasteiger partial charge is 0.406 e. The minimum Gasteiger partial charge on any atom is -0.406 e. The molecule has 1 heterocycles. The highest BCUT2D eigenvalue weighted by molar-refractivity contribution is 5.39. The molecule has 0 aliphatic carbocycles. The van der Waals surface area contributed by atoms with Crippen molar-refractivity contribution in [3.05, 3.63) is 65.0 Å². The summed E-state index contributed by atoms with van der Waals surface area (Å²) in [5, 5.41) is 3.28. The Morgan fingerprint density at radius 1 is 1.04 bits per heavy atom. The second-order valence-electron chi connectivity index (χ2n) is 6.31. The maximum atomic E-state index is 13.5. The van der Waals surface area contributed by atoms with E-state index in [-0.39, 0.29) is 17.6 Å². The molecular formula is C19H20F4N2O. The number of rotatable bonds is 4. The van der Waals surface area contributed by atoms with Crippen LogP contribution in [0.1, 0.15) is 22.7 Å². The van der Waals surface area contributed by atoms with Gasteiger partial charge in [-0.25, -0.2) is 4.39 Å². The maximum absolute atomic E-state index is 13.5. The van der Waals surface area contributed by atoms with Gasteiger partial charge in [0.1, 0.15) is 11.6 Å². The van der Waals surface area contributed by atoms with Crippen LogP contribution >= 0.6 is 0 Å². The second-order valence-corrected chi connectivity index (χ2v) is 6.31. The molecule has 0 spiro atoms. The Balaban J connectivity index is 1.95. The molecule has 1 aliphatic rings. The Morgan fingerprint density at radius 3 is 2.27 bits per heavy atom. The fourth-order valence-electron chi connectivity index (χ4n) is 3.33. The van der Waals surface area contributed by atoms with Gasteiger partial charge in [0.2, 0.25) is 0 Å². The molecule has 1 saturated heterocycles. The highest BCUT2D eigenvalue weighted by Gasteiger charge is 2.31. The van der Waals surface area contributed by atoms with Crippen LogP contribution in [0.25, 0.3) is 0 Å². The number of aryl methyl sites for hydroxylation is 1. The van der Waals surface area contributed by atoms with Gasteiger partial charge in [-0.05, 0) is 47.9 Å². The van der Waals surface area contributed by atoms with Crippen LogP contribution in [0.2, 0.25) is 0 Å². The second kappa shape index (κ2) is 7.63. The molecule has 7 heteroatoms. The van der Waals surface area contributed by atoms with Crippen LogP contribution in [-0.4, -0.2) is 37.4 Å². The van der Waals surface area contributed by atoms with E-state index < -0.39 is 6.36 Å². The summed E-state index contributed by atoms with van der Waals surface area (Å²) in [4.78, 5) is 2.25. The molecule has 3 rings (SSSR count). The van der Waals surface area contributed by atoms with E-state index in [1.807, 2.05) is 6.92 Å². The van der Waals surface area contributed by atoms with Gasteiger partial charge in [0.25, 0.3) is 0 Å². The molecule has 0 aromatic heterocycles. The van der Waals surface area contributed by atoms with Crippen molar-refractivity contribution in [3.63, 3.8) is 0 Å². The summed E-state index contributed by atoms with van der Waals surface area (Å²) in [5.41, 5.74) is 2.60.